The van der Waals surface area contributed by atoms with Crippen molar-refractivity contribution in [2.24, 2.45) is 11.8 Å². The lowest BCUT2D eigenvalue weighted by molar-refractivity contribution is -0.153. The van der Waals surface area contributed by atoms with Crippen molar-refractivity contribution in [1.29, 1.82) is 0 Å². The van der Waals surface area contributed by atoms with Crippen molar-refractivity contribution in [3.05, 3.63) is 35.9 Å². The number of hydrogen-bond donors (Lipinski definition) is 2. The predicted octanol–water partition coefficient (Wildman–Crippen LogP) is 0.521. The van der Waals surface area contributed by atoms with Gasteiger partial charge in [-0.1, -0.05) is 30.3 Å². The van der Waals surface area contributed by atoms with E-state index in [1.807, 2.05) is 30.3 Å². The smallest absolute Gasteiger partial charge is 0.326 e. The van der Waals surface area contributed by atoms with Gasteiger partial charge in [0.15, 0.2) is 0 Å². The Kier molecular flexibility index (Phi) is 3.22. The van der Waals surface area contributed by atoms with Crippen molar-refractivity contribution in [2.75, 3.05) is 6.54 Å². The second-order valence-corrected chi connectivity index (χ2v) is 5.64. The van der Waals surface area contributed by atoms with Gasteiger partial charge in [0.2, 0.25) is 0 Å². The molecule has 2 N–H and O–H groups in total. The minimum atomic E-state index is -1.17. The number of fused-ring (bicyclic) bond motifs is 1. The molecule has 0 aromatic heterocycles. The Labute approximate surface area is 116 Å². The third-order valence-electron chi connectivity index (χ3n) is 4.24. The number of nitrogens with zero attached hydrogens (tertiary/aromatic N) is 1. The van der Waals surface area contributed by atoms with E-state index in [2.05, 4.69) is 0 Å². The van der Waals surface area contributed by atoms with Gasteiger partial charge in [-0.25, -0.2) is 4.79 Å². The second kappa shape index (κ2) is 4.90. The van der Waals surface area contributed by atoms with E-state index >= 15 is 0 Å². The molecule has 1 saturated heterocycles. The van der Waals surface area contributed by atoms with Gasteiger partial charge in [0.1, 0.15) is 12.1 Å². The maximum atomic E-state index is 12.2. The van der Waals surface area contributed by atoms with Crippen LogP contribution < -0.4 is 0 Å². The zero-order valence-corrected chi connectivity index (χ0v) is 11.0. The number of likely N-dealkylation sites (tertiary alicyclic amines) is 1. The van der Waals surface area contributed by atoms with E-state index in [4.69, 9.17) is 0 Å². The summed E-state index contributed by atoms with van der Waals surface area (Å²) in [6.45, 7) is 0.465. The Hall–Kier alpha value is -1.88. The second-order valence-electron chi connectivity index (χ2n) is 5.64. The Morgan fingerprint density at radius 2 is 2.00 bits per heavy atom. The lowest BCUT2D eigenvalue weighted by Gasteiger charge is -2.26. The molecule has 1 amide bonds. The molecule has 0 radical (unpaired) electrons. The molecule has 0 spiro atoms. The molecule has 2 fully saturated rings. The van der Waals surface area contributed by atoms with Crippen LogP contribution in [0.4, 0.5) is 0 Å². The van der Waals surface area contributed by atoms with E-state index in [9.17, 15) is 19.8 Å². The fraction of sp³-hybridized carbons (Fsp3) is 0.467. The molecular formula is C15H17NO4. The van der Waals surface area contributed by atoms with E-state index in [-0.39, 0.29) is 12.3 Å². The van der Waals surface area contributed by atoms with Crippen LogP contribution in [0.1, 0.15) is 12.0 Å². The minimum absolute atomic E-state index is 0.0837. The largest absolute Gasteiger partial charge is 0.480 e. The van der Waals surface area contributed by atoms with Crippen molar-refractivity contribution in [2.45, 2.75) is 25.0 Å². The van der Waals surface area contributed by atoms with Crippen molar-refractivity contribution < 1.29 is 19.8 Å². The number of piperidine rings is 1. The summed E-state index contributed by atoms with van der Waals surface area (Å²) in [5, 5.41) is 19.3. The number of aliphatic hydroxyl groups is 1. The molecule has 0 unspecified atom stereocenters. The first-order valence-corrected chi connectivity index (χ1v) is 6.83. The van der Waals surface area contributed by atoms with E-state index in [0.29, 0.717) is 12.5 Å². The summed E-state index contributed by atoms with van der Waals surface area (Å²) >= 11 is 0. The average Bonchev–Trinajstić information content (AvgIpc) is 3.08. The number of carbonyl (C=O) groups excluding carboxylic acids is 1. The Morgan fingerprint density at radius 1 is 1.30 bits per heavy atom. The number of aliphatic carboxylic acids is 1. The quantitative estimate of drug-likeness (QED) is 0.840. The number of benzene rings is 1. The molecule has 106 valence electrons. The maximum absolute atomic E-state index is 12.2. The van der Waals surface area contributed by atoms with Gasteiger partial charge < -0.3 is 15.1 Å². The third kappa shape index (κ3) is 2.29. The first-order valence-electron chi connectivity index (χ1n) is 6.83. The number of aliphatic hydroxyl groups excluding tert-OH is 1. The molecule has 1 aromatic carbocycles. The fourth-order valence-electron chi connectivity index (χ4n) is 3.12. The van der Waals surface area contributed by atoms with Crippen molar-refractivity contribution in [3.63, 3.8) is 0 Å². The Balaban J connectivity index is 1.68. The maximum Gasteiger partial charge on any atom is 0.326 e. The number of rotatable bonds is 4. The van der Waals surface area contributed by atoms with Crippen LogP contribution in [0.2, 0.25) is 0 Å². The fourth-order valence-corrected chi connectivity index (χ4v) is 3.12. The molecule has 1 aliphatic heterocycles. The number of carboxylic acid groups (broad SMARTS) is 1. The topological polar surface area (TPSA) is 77.8 Å². The third-order valence-corrected chi connectivity index (χ3v) is 4.24. The highest BCUT2D eigenvalue weighted by Gasteiger charge is 2.57. The SMILES string of the molecule is O=C(O)[C@@H]1[C@H]2C[C@H]2CN1C(=O)[C@H](O)Cc1ccccc1. The van der Waals surface area contributed by atoms with Gasteiger partial charge in [-0.2, -0.15) is 0 Å². The van der Waals surface area contributed by atoms with Crippen LogP contribution in [0.3, 0.4) is 0 Å². The lowest BCUT2D eigenvalue weighted by atomic mass is 10.1. The minimum Gasteiger partial charge on any atom is -0.480 e. The van der Waals surface area contributed by atoms with Gasteiger partial charge in [-0.05, 0) is 23.8 Å². The molecule has 3 rings (SSSR count). The summed E-state index contributed by atoms with van der Waals surface area (Å²) in [4.78, 5) is 24.8. The molecule has 4 atom stereocenters. The monoisotopic (exact) mass is 275 g/mol. The average molecular weight is 275 g/mol. The number of carbonyl (C=O) groups is 2. The summed E-state index contributed by atoms with van der Waals surface area (Å²) in [6.07, 6.45) is -0.0651. The van der Waals surface area contributed by atoms with E-state index < -0.39 is 24.0 Å². The predicted molar refractivity (Wildman–Crippen MR) is 70.9 cm³/mol. The number of amides is 1. The summed E-state index contributed by atoms with van der Waals surface area (Å²) in [6, 6.07) is 8.48. The van der Waals surface area contributed by atoms with Crippen LogP contribution in [-0.4, -0.2) is 45.7 Å². The van der Waals surface area contributed by atoms with Gasteiger partial charge in [-0.15, -0.1) is 0 Å². The molecule has 0 bridgehead atoms. The highest BCUT2D eigenvalue weighted by atomic mass is 16.4. The van der Waals surface area contributed by atoms with Gasteiger partial charge in [0.05, 0.1) is 0 Å². The van der Waals surface area contributed by atoms with Crippen molar-refractivity contribution in [1.82, 2.24) is 4.90 Å². The summed E-state index contributed by atoms with van der Waals surface area (Å²) in [7, 11) is 0. The molecular weight excluding hydrogens is 258 g/mol. The first kappa shape index (κ1) is 13.1. The highest BCUT2D eigenvalue weighted by molar-refractivity contribution is 5.87. The molecule has 20 heavy (non-hydrogen) atoms. The standard InChI is InChI=1S/C15H17NO4/c17-12(6-9-4-2-1-3-5-9)14(18)16-8-10-7-11(10)13(16)15(19)20/h1-5,10-13,17H,6-8H2,(H,19,20)/t10-,11-,12+,13-/m0/s1. The van der Waals surface area contributed by atoms with Gasteiger partial charge >= 0.3 is 5.97 Å². The summed E-state index contributed by atoms with van der Waals surface area (Å²) in [5.74, 6) is -1.03. The van der Waals surface area contributed by atoms with E-state index in [1.54, 1.807) is 0 Å². The van der Waals surface area contributed by atoms with Crippen molar-refractivity contribution in [3.8, 4) is 0 Å². The van der Waals surface area contributed by atoms with Crippen LogP contribution in [-0.2, 0) is 16.0 Å². The van der Waals surface area contributed by atoms with Crippen LogP contribution in [0.25, 0.3) is 0 Å². The van der Waals surface area contributed by atoms with E-state index in [1.165, 1.54) is 4.90 Å². The molecule has 1 aliphatic carbocycles. The molecule has 2 aliphatic rings. The van der Waals surface area contributed by atoms with Crippen LogP contribution in [0, 0.1) is 11.8 Å². The van der Waals surface area contributed by atoms with Crippen LogP contribution >= 0.6 is 0 Å². The van der Waals surface area contributed by atoms with Gasteiger partial charge in [-0.3, -0.25) is 4.79 Å². The van der Waals surface area contributed by atoms with Crippen molar-refractivity contribution >= 4 is 11.9 Å². The van der Waals surface area contributed by atoms with Gasteiger partial charge in [0.25, 0.3) is 5.91 Å². The van der Waals surface area contributed by atoms with Gasteiger partial charge in [0, 0.05) is 13.0 Å². The molecule has 5 heteroatoms. The lowest BCUT2D eigenvalue weighted by Crippen LogP contribution is -2.48. The molecule has 1 heterocycles. The zero-order valence-electron chi connectivity index (χ0n) is 11.0. The summed E-state index contributed by atoms with van der Waals surface area (Å²) < 4.78 is 0. The summed E-state index contributed by atoms with van der Waals surface area (Å²) in [5.41, 5.74) is 0.865. The Morgan fingerprint density at radius 3 is 2.65 bits per heavy atom. The normalized spacial score (nSPS) is 28.9. The molecule has 1 aromatic rings. The molecule has 1 saturated carbocycles. The number of carboxylic acids is 1. The number of hydrogen-bond acceptors (Lipinski definition) is 3. The molecule has 5 nitrogen and oxygen atoms in total. The Bertz CT molecular complexity index is 530. The van der Waals surface area contributed by atoms with Crippen LogP contribution in [0.5, 0.6) is 0 Å². The van der Waals surface area contributed by atoms with Crippen LogP contribution in [0.15, 0.2) is 30.3 Å². The zero-order chi connectivity index (χ0) is 14.3. The highest BCUT2D eigenvalue weighted by Crippen LogP contribution is 2.49. The first-order chi connectivity index (χ1) is 9.58. The van der Waals surface area contributed by atoms with E-state index in [0.717, 1.165) is 12.0 Å².